The topological polar surface area (TPSA) is 25.8 Å². The Hall–Kier alpha value is -0.920. The lowest BCUT2D eigenvalue weighted by Crippen LogP contribution is -1.98. The van der Waals surface area contributed by atoms with Crippen molar-refractivity contribution in [2.24, 2.45) is 0 Å². The second-order valence-corrected chi connectivity index (χ2v) is 2.60. The van der Waals surface area contributed by atoms with Gasteiger partial charge in [-0.25, -0.2) is 9.97 Å². The lowest BCUT2D eigenvalue weighted by atomic mass is 10.2. The summed E-state index contributed by atoms with van der Waals surface area (Å²) in [5.74, 6) is 0.944. The van der Waals surface area contributed by atoms with Crippen LogP contribution in [0.15, 0.2) is 6.20 Å². The van der Waals surface area contributed by atoms with Crippen LogP contribution in [0.1, 0.15) is 30.9 Å². The predicted molar refractivity (Wildman–Crippen MR) is 45.5 cm³/mol. The van der Waals surface area contributed by atoms with Crippen molar-refractivity contribution in [2.75, 3.05) is 0 Å². The van der Waals surface area contributed by atoms with Crippen molar-refractivity contribution in [3.63, 3.8) is 0 Å². The number of rotatable bonds is 2. The monoisotopic (exact) mass is 150 g/mol. The maximum Gasteiger partial charge on any atom is 0.128 e. The summed E-state index contributed by atoms with van der Waals surface area (Å²) >= 11 is 0. The van der Waals surface area contributed by atoms with Crippen molar-refractivity contribution in [2.45, 2.75) is 33.6 Å². The fourth-order valence-electron chi connectivity index (χ4n) is 1.06. The first kappa shape index (κ1) is 8.18. The molecule has 2 heteroatoms. The highest BCUT2D eigenvalue weighted by Gasteiger charge is 1.98. The van der Waals surface area contributed by atoms with Gasteiger partial charge in [-0.15, -0.1) is 0 Å². The minimum absolute atomic E-state index is 0.921. The molecule has 0 fully saturated rings. The fourth-order valence-corrected chi connectivity index (χ4v) is 1.06. The standard InChI is InChI=1S/C9H14N2/c1-4-8-6-10-9(5-2)11-7(8)3/h6H,4-5H2,1-3H3. The molecule has 1 aromatic heterocycles. The van der Waals surface area contributed by atoms with Crippen LogP contribution in [-0.4, -0.2) is 9.97 Å². The normalized spacial score (nSPS) is 10.1. The molecule has 1 heterocycles. The van der Waals surface area contributed by atoms with E-state index < -0.39 is 0 Å². The van der Waals surface area contributed by atoms with Crippen molar-refractivity contribution < 1.29 is 0 Å². The summed E-state index contributed by atoms with van der Waals surface area (Å²) in [7, 11) is 0. The van der Waals surface area contributed by atoms with Crippen LogP contribution in [0.5, 0.6) is 0 Å². The molecule has 0 bridgehead atoms. The largest absolute Gasteiger partial charge is 0.241 e. The van der Waals surface area contributed by atoms with Crippen molar-refractivity contribution in [1.82, 2.24) is 9.97 Å². The summed E-state index contributed by atoms with van der Waals surface area (Å²) in [5.41, 5.74) is 2.38. The Bertz CT molecular complexity index is 243. The molecule has 0 radical (unpaired) electrons. The lowest BCUT2D eigenvalue weighted by Gasteiger charge is -2.01. The van der Waals surface area contributed by atoms with Crippen LogP contribution in [0.2, 0.25) is 0 Å². The first-order valence-electron chi connectivity index (χ1n) is 4.09. The van der Waals surface area contributed by atoms with Crippen LogP contribution in [0.25, 0.3) is 0 Å². The molecule has 0 saturated heterocycles. The molecule has 0 aliphatic rings. The van der Waals surface area contributed by atoms with Gasteiger partial charge in [0.2, 0.25) is 0 Å². The summed E-state index contributed by atoms with van der Waals surface area (Å²) in [4.78, 5) is 8.57. The third-order valence-corrected chi connectivity index (χ3v) is 1.83. The van der Waals surface area contributed by atoms with Crippen LogP contribution >= 0.6 is 0 Å². The molecule has 0 aliphatic carbocycles. The highest BCUT2D eigenvalue weighted by atomic mass is 14.9. The molecule has 2 nitrogen and oxygen atoms in total. The Balaban J connectivity index is 2.99. The van der Waals surface area contributed by atoms with E-state index >= 15 is 0 Å². The van der Waals surface area contributed by atoms with E-state index in [-0.39, 0.29) is 0 Å². The summed E-state index contributed by atoms with van der Waals surface area (Å²) in [6, 6.07) is 0. The number of hydrogen-bond acceptors (Lipinski definition) is 2. The number of aromatic nitrogens is 2. The molecule has 0 aromatic carbocycles. The highest BCUT2D eigenvalue weighted by Crippen LogP contribution is 2.04. The average Bonchev–Trinajstić information content (AvgIpc) is 2.04. The molecule has 0 atom stereocenters. The van der Waals surface area contributed by atoms with Gasteiger partial charge in [-0.2, -0.15) is 0 Å². The maximum absolute atomic E-state index is 4.35. The van der Waals surface area contributed by atoms with E-state index in [1.165, 1.54) is 5.56 Å². The Kier molecular flexibility index (Phi) is 2.58. The molecule has 1 rings (SSSR count). The Labute approximate surface area is 67.7 Å². The van der Waals surface area contributed by atoms with E-state index in [4.69, 9.17) is 0 Å². The molecular formula is C9H14N2. The van der Waals surface area contributed by atoms with Gasteiger partial charge in [-0.3, -0.25) is 0 Å². The van der Waals surface area contributed by atoms with E-state index in [0.717, 1.165) is 24.4 Å². The van der Waals surface area contributed by atoms with Crippen LogP contribution < -0.4 is 0 Å². The first-order valence-corrected chi connectivity index (χ1v) is 4.09. The molecule has 0 saturated carbocycles. The summed E-state index contributed by atoms with van der Waals surface area (Å²) in [6.07, 6.45) is 3.88. The molecule has 60 valence electrons. The molecule has 0 unspecified atom stereocenters. The van der Waals surface area contributed by atoms with E-state index in [9.17, 15) is 0 Å². The zero-order valence-corrected chi connectivity index (χ0v) is 7.39. The predicted octanol–water partition coefficient (Wildman–Crippen LogP) is 1.91. The molecule has 0 amide bonds. The zero-order valence-electron chi connectivity index (χ0n) is 7.39. The van der Waals surface area contributed by atoms with E-state index in [2.05, 4.69) is 23.8 Å². The molecule has 0 aliphatic heterocycles. The van der Waals surface area contributed by atoms with Gasteiger partial charge in [0.1, 0.15) is 5.82 Å². The van der Waals surface area contributed by atoms with Crippen LogP contribution in [0.3, 0.4) is 0 Å². The lowest BCUT2D eigenvalue weighted by molar-refractivity contribution is 0.886. The summed E-state index contributed by atoms with van der Waals surface area (Å²) in [5, 5.41) is 0. The maximum atomic E-state index is 4.35. The number of aryl methyl sites for hydroxylation is 3. The molecule has 11 heavy (non-hydrogen) atoms. The van der Waals surface area contributed by atoms with E-state index in [1.807, 2.05) is 13.1 Å². The zero-order chi connectivity index (χ0) is 8.27. The Morgan fingerprint density at radius 3 is 2.45 bits per heavy atom. The van der Waals surface area contributed by atoms with Crippen molar-refractivity contribution in [3.8, 4) is 0 Å². The molecular weight excluding hydrogens is 136 g/mol. The average molecular weight is 150 g/mol. The van der Waals surface area contributed by atoms with E-state index in [0.29, 0.717) is 0 Å². The van der Waals surface area contributed by atoms with Crippen LogP contribution in [0, 0.1) is 6.92 Å². The Morgan fingerprint density at radius 1 is 1.27 bits per heavy atom. The second-order valence-electron chi connectivity index (χ2n) is 2.60. The molecule has 0 N–H and O–H groups in total. The third-order valence-electron chi connectivity index (χ3n) is 1.83. The number of nitrogens with zero attached hydrogens (tertiary/aromatic N) is 2. The first-order chi connectivity index (χ1) is 5.27. The van der Waals surface area contributed by atoms with Crippen molar-refractivity contribution >= 4 is 0 Å². The van der Waals surface area contributed by atoms with Gasteiger partial charge in [-0.1, -0.05) is 13.8 Å². The number of hydrogen-bond donors (Lipinski definition) is 0. The second kappa shape index (κ2) is 3.46. The summed E-state index contributed by atoms with van der Waals surface area (Å²) < 4.78 is 0. The van der Waals surface area contributed by atoms with E-state index in [1.54, 1.807) is 0 Å². The highest BCUT2D eigenvalue weighted by molar-refractivity contribution is 5.15. The molecule has 1 aromatic rings. The Morgan fingerprint density at radius 2 is 2.00 bits per heavy atom. The van der Waals surface area contributed by atoms with Gasteiger partial charge in [0.05, 0.1) is 0 Å². The van der Waals surface area contributed by atoms with Crippen molar-refractivity contribution in [3.05, 3.63) is 23.3 Å². The van der Waals surface area contributed by atoms with Crippen LogP contribution in [0.4, 0.5) is 0 Å². The van der Waals surface area contributed by atoms with Gasteiger partial charge >= 0.3 is 0 Å². The SMILES string of the molecule is CCc1ncc(CC)c(C)n1. The minimum Gasteiger partial charge on any atom is -0.241 e. The smallest absolute Gasteiger partial charge is 0.128 e. The minimum atomic E-state index is 0.921. The third kappa shape index (κ3) is 1.76. The molecule has 0 spiro atoms. The van der Waals surface area contributed by atoms with Gasteiger partial charge in [-0.05, 0) is 18.9 Å². The van der Waals surface area contributed by atoms with Gasteiger partial charge in [0, 0.05) is 18.3 Å². The summed E-state index contributed by atoms with van der Waals surface area (Å²) in [6.45, 7) is 6.23. The fraction of sp³-hybridized carbons (Fsp3) is 0.556. The van der Waals surface area contributed by atoms with Gasteiger partial charge < -0.3 is 0 Å². The van der Waals surface area contributed by atoms with Gasteiger partial charge in [0.15, 0.2) is 0 Å². The van der Waals surface area contributed by atoms with Crippen molar-refractivity contribution in [1.29, 1.82) is 0 Å². The quantitative estimate of drug-likeness (QED) is 0.643. The van der Waals surface area contributed by atoms with Crippen LogP contribution in [-0.2, 0) is 12.8 Å². The van der Waals surface area contributed by atoms with Gasteiger partial charge in [0.25, 0.3) is 0 Å².